The summed E-state index contributed by atoms with van der Waals surface area (Å²) >= 11 is 1.54. The zero-order valence-electron chi connectivity index (χ0n) is 23.4. The summed E-state index contributed by atoms with van der Waals surface area (Å²) in [4.78, 5) is 20.2. The summed E-state index contributed by atoms with van der Waals surface area (Å²) in [6.45, 7) is 5.85. The van der Waals surface area contributed by atoms with E-state index in [1.54, 1.807) is 0 Å². The van der Waals surface area contributed by atoms with E-state index in [1.807, 2.05) is 19.2 Å². The minimum atomic E-state index is -0.137. The number of aryl methyl sites for hydroxylation is 1. The van der Waals surface area contributed by atoms with Crippen LogP contribution in [0.25, 0.3) is 0 Å². The lowest BCUT2D eigenvalue weighted by atomic mass is 9.76. The molecule has 1 aliphatic carbocycles. The van der Waals surface area contributed by atoms with Gasteiger partial charge in [-0.15, -0.1) is 0 Å². The number of pyridine rings is 1. The first-order chi connectivity index (χ1) is 19.5. The molecule has 2 aromatic heterocycles. The molecule has 0 unspecified atom stereocenters. The van der Waals surface area contributed by atoms with Crippen molar-refractivity contribution in [3.63, 3.8) is 0 Å². The predicted molar refractivity (Wildman–Crippen MR) is 155 cm³/mol. The van der Waals surface area contributed by atoms with E-state index in [2.05, 4.69) is 41.1 Å². The molecule has 210 valence electrons. The second-order valence-electron chi connectivity index (χ2n) is 11.9. The number of anilines is 2. The molecule has 7 rings (SSSR count). The Labute approximate surface area is 240 Å². The van der Waals surface area contributed by atoms with E-state index in [4.69, 9.17) is 24.4 Å². The Hall–Kier alpha value is -2.88. The zero-order valence-corrected chi connectivity index (χ0v) is 24.2. The van der Waals surface area contributed by atoms with Crippen molar-refractivity contribution < 1.29 is 14.6 Å². The first kappa shape index (κ1) is 26.0. The largest absolute Gasteiger partial charge is 0.486 e. The molecule has 1 N–H and O–H groups in total. The number of ether oxygens (including phenoxy) is 2. The fourth-order valence-corrected chi connectivity index (χ4v) is 7.97. The Kier molecular flexibility index (Phi) is 6.64. The maximum absolute atomic E-state index is 10.3. The average molecular weight is 560 g/mol. The lowest BCUT2D eigenvalue weighted by Gasteiger charge is -2.48. The number of piperidine rings is 1. The summed E-state index contributed by atoms with van der Waals surface area (Å²) in [5, 5.41) is 11.1. The molecule has 40 heavy (non-hydrogen) atoms. The number of fused-ring (bicyclic) bond motifs is 2. The maximum Gasteiger partial charge on any atom is 0.175 e. The van der Waals surface area contributed by atoms with Gasteiger partial charge in [0, 0.05) is 39.5 Å². The number of aromatic nitrogens is 3. The summed E-state index contributed by atoms with van der Waals surface area (Å²) in [5.41, 5.74) is 4.81. The summed E-state index contributed by atoms with van der Waals surface area (Å²) < 4.78 is 12.0. The fraction of sp³-hybridized carbons (Fsp3) is 0.516. The second-order valence-corrected chi connectivity index (χ2v) is 12.9. The van der Waals surface area contributed by atoms with Gasteiger partial charge in [0.05, 0.1) is 22.7 Å². The lowest BCUT2D eigenvalue weighted by molar-refractivity contribution is 0.0259. The highest BCUT2D eigenvalue weighted by Crippen LogP contribution is 2.47. The number of aliphatic hydroxyl groups is 1. The summed E-state index contributed by atoms with van der Waals surface area (Å²) in [7, 11) is 2.12. The van der Waals surface area contributed by atoms with Crippen molar-refractivity contribution in [3.8, 4) is 5.75 Å². The van der Waals surface area contributed by atoms with Crippen LogP contribution in [-0.2, 0) is 24.2 Å². The highest BCUT2D eigenvalue weighted by molar-refractivity contribution is 7.99. The van der Waals surface area contributed by atoms with Gasteiger partial charge in [-0.1, -0.05) is 36.0 Å². The molecule has 4 aliphatic rings. The van der Waals surface area contributed by atoms with Gasteiger partial charge in [-0.25, -0.2) is 15.0 Å². The van der Waals surface area contributed by atoms with Crippen LogP contribution in [0, 0.1) is 12.3 Å². The van der Waals surface area contributed by atoms with Gasteiger partial charge in [-0.2, -0.15) is 0 Å². The third-order valence-corrected chi connectivity index (χ3v) is 10.7. The highest BCUT2D eigenvalue weighted by atomic mass is 32.2. The molecule has 9 heteroatoms. The first-order valence-electron chi connectivity index (χ1n) is 14.4. The molecule has 2 saturated heterocycles. The molecule has 1 aromatic carbocycles. The Morgan fingerprint density at radius 2 is 1.70 bits per heavy atom. The van der Waals surface area contributed by atoms with Gasteiger partial charge < -0.3 is 24.4 Å². The Balaban J connectivity index is 1.10. The zero-order chi connectivity index (χ0) is 27.3. The summed E-state index contributed by atoms with van der Waals surface area (Å²) in [5.74, 6) is 2.48. The van der Waals surface area contributed by atoms with Crippen LogP contribution >= 0.6 is 11.8 Å². The number of benzene rings is 1. The van der Waals surface area contributed by atoms with Gasteiger partial charge in [-0.3, -0.25) is 0 Å². The number of aliphatic hydroxyl groups excluding tert-OH is 1. The third kappa shape index (κ3) is 4.43. The van der Waals surface area contributed by atoms with Gasteiger partial charge in [0.1, 0.15) is 17.3 Å². The SMILES string of the molecule is Cc1nc(N2CCC3(CC2)Cc2ccccc2C3)c(CO)nc1Sc1ccnc2c1OCC1(CCOCC1)N2C. The second kappa shape index (κ2) is 10.2. The smallest absolute Gasteiger partial charge is 0.175 e. The Morgan fingerprint density at radius 1 is 0.975 bits per heavy atom. The Bertz CT molecular complexity index is 1390. The van der Waals surface area contributed by atoms with Crippen molar-refractivity contribution in [2.24, 2.45) is 5.41 Å². The van der Waals surface area contributed by atoms with Crippen LogP contribution in [0.15, 0.2) is 46.5 Å². The third-order valence-electron chi connectivity index (χ3n) is 9.59. The lowest BCUT2D eigenvalue weighted by Crippen LogP contribution is -2.57. The van der Waals surface area contributed by atoms with Crippen molar-refractivity contribution in [1.29, 1.82) is 0 Å². The molecular formula is C31H37N5O3S. The van der Waals surface area contributed by atoms with E-state index in [9.17, 15) is 5.11 Å². The molecule has 0 bridgehead atoms. The predicted octanol–water partition coefficient (Wildman–Crippen LogP) is 4.59. The van der Waals surface area contributed by atoms with E-state index in [0.29, 0.717) is 17.7 Å². The molecular weight excluding hydrogens is 522 g/mol. The van der Waals surface area contributed by atoms with Crippen molar-refractivity contribution in [3.05, 3.63) is 59.0 Å². The van der Waals surface area contributed by atoms with Crippen molar-refractivity contribution in [2.75, 3.05) is 49.8 Å². The van der Waals surface area contributed by atoms with Gasteiger partial charge in [0.25, 0.3) is 0 Å². The van der Waals surface area contributed by atoms with E-state index >= 15 is 0 Å². The summed E-state index contributed by atoms with van der Waals surface area (Å²) in [6.07, 6.45) is 8.31. The van der Waals surface area contributed by atoms with Crippen LogP contribution in [0.5, 0.6) is 5.75 Å². The molecule has 2 fully saturated rings. The number of rotatable bonds is 4. The molecule has 2 spiro atoms. The van der Waals surface area contributed by atoms with Crippen molar-refractivity contribution in [1.82, 2.24) is 15.0 Å². The van der Waals surface area contributed by atoms with E-state index in [1.165, 1.54) is 35.7 Å². The fourth-order valence-electron chi connectivity index (χ4n) is 7.04. The normalized spacial score (nSPS) is 20.9. The number of nitrogens with zero attached hydrogens (tertiary/aromatic N) is 5. The molecule has 5 heterocycles. The number of hydrogen-bond acceptors (Lipinski definition) is 9. The Morgan fingerprint density at radius 3 is 2.40 bits per heavy atom. The van der Waals surface area contributed by atoms with Crippen LogP contribution in [0.1, 0.15) is 48.2 Å². The van der Waals surface area contributed by atoms with E-state index in [0.717, 1.165) is 85.0 Å². The monoisotopic (exact) mass is 559 g/mol. The van der Waals surface area contributed by atoms with E-state index in [-0.39, 0.29) is 12.1 Å². The molecule has 0 radical (unpaired) electrons. The topological polar surface area (TPSA) is 83.8 Å². The van der Waals surface area contributed by atoms with Crippen LogP contribution in [0.2, 0.25) is 0 Å². The minimum Gasteiger partial charge on any atom is -0.486 e. The number of hydrogen-bond donors (Lipinski definition) is 1. The van der Waals surface area contributed by atoms with Gasteiger partial charge in [-0.05, 0) is 68.1 Å². The minimum absolute atomic E-state index is 0.0721. The number of likely N-dealkylation sites (N-methyl/N-ethyl adjacent to an activating group) is 1. The standard InChI is InChI=1S/C31H37N5O3S/c1-21-29(40-25-7-12-32-28-26(25)39-20-31(35(28)2)10-15-38-16-11-31)34-24(19-37)27(33-21)36-13-8-30(9-14-36)17-22-5-3-4-6-23(22)18-30/h3-7,12,37H,8-11,13-20H2,1-2H3. The molecule has 8 nitrogen and oxygen atoms in total. The molecule has 0 amide bonds. The quantitative estimate of drug-likeness (QED) is 0.494. The average Bonchev–Trinajstić information content (AvgIpc) is 3.34. The van der Waals surface area contributed by atoms with Gasteiger partial charge >= 0.3 is 0 Å². The first-order valence-corrected chi connectivity index (χ1v) is 15.2. The van der Waals surface area contributed by atoms with Crippen molar-refractivity contribution in [2.45, 2.75) is 67.5 Å². The maximum atomic E-state index is 10.3. The van der Waals surface area contributed by atoms with Crippen LogP contribution in [0.4, 0.5) is 11.6 Å². The van der Waals surface area contributed by atoms with Gasteiger partial charge in [0.2, 0.25) is 0 Å². The molecule has 3 aliphatic heterocycles. The molecule has 0 saturated carbocycles. The summed E-state index contributed by atoms with van der Waals surface area (Å²) in [6, 6.07) is 10.9. The van der Waals surface area contributed by atoms with Crippen LogP contribution < -0.4 is 14.5 Å². The molecule has 3 aromatic rings. The van der Waals surface area contributed by atoms with Gasteiger partial charge in [0.15, 0.2) is 17.4 Å². The van der Waals surface area contributed by atoms with Crippen LogP contribution in [-0.4, -0.2) is 65.6 Å². The molecule has 0 atom stereocenters. The van der Waals surface area contributed by atoms with Crippen LogP contribution in [0.3, 0.4) is 0 Å². The van der Waals surface area contributed by atoms with Crippen molar-refractivity contribution >= 4 is 23.4 Å². The van der Waals surface area contributed by atoms with E-state index < -0.39 is 0 Å². The highest BCUT2D eigenvalue weighted by Gasteiger charge is 2.43.